The van der Waals surface area contributed by atoms with Crippen LogP contribution in [0.2, 0.25) is 0 Å². The van der Waals surface area contributed by atoms with Gasteiger partial charge >= 0.3 is 5.97 Å². The van der Waals surface area contributed by atoms with Crippen molar-refractivity contribution in [3.8, 4) is 11.5 Å². The lowest BCUT2D eigenvalue weighted by atomic mass is 10.1. The van der Waals surface area contributed by atoms with Crippen LogP contribution >= 0.6 is 15.9 Å². The zero-order chi connectivity index (χ0) is 21.7. The molecule has 0 radical (unpaired) electrons. The standard InChI is InChI=1S/C21H19BrN2O6/c1-3-29-19(25)12-30-17-8-7-13(10-18(17)28-2)9-16-20(26)23-24(21(16)27)15-6-4-5-14(22)11-15/h4-11H,3,12H2,1-2H3,(H,23,26). The zero-order valence-electron chi connectivity index (χ0n) is 16.3. The fraction of sp³-hybridized carbons (Fsp3) is 0.190. The highest BCUT2D eigenvalue weighted by molar-refractivity contribution is 9.10. The number of hydrogen-bond donors (Lipinski definition) is 1. The summed E-state index contributed by atoms with van der Waals surface area (Å²) in [4.78, 5) is 36.6. The third kappa shape index (κ3) is 4.80. The van der Waals surface area contributed by atoms with Gasteiger partial charge in [0.15, 0.2) is 18.1 Å². The number of ether oxygens (including phenoxy) is 3. The molecule has 1 aliphatic heterocycles. The van der Waals surface area contributed by atoms with Gasteiger partial charge in [-0.3, -0.25) is 15.0 Å². The predicted octanol–water partition coefficient (Wildman–Crippen LogP) is 2.86. The average molecular weight is 475 g/mol. The van der Waals surface area contributed by atoms with Crippen molar-refractivity contribution in [3.63, 3.8) is 0 Å². The van der Waals surface area contributed by atoms with E-state index in [4.69, 9.17) is 14.2 Å². The number of esters is 1. The summed E-state index contributed by atoms with van der Waals surface area (Å²) in [5.74, 6) is -0.790. The molecule has 0 aromatic heterocycles. The molecular weight excluding hydrogens is 456 g/mol. The molecule has 0 saturated carbocycles. The Labute approximate surface area is 181 Å². The van der Waals surface area contributed by atoms with Crippen molar-refractivity contribution >= 4 is 45.5 Å². The number of carbonyl (C=O) groups is 3. The van der Waals surface area contributed by atoms with Crippen LogP contribution in [0.25, 0.3) is 6.08 Å². The quantitative estimate of drug-likeness (QED) is 0.376. The average Bonchev–Trinajstić information content (AvgIpc) is 3.01. The second-order valence-electron chi connectivity index (χ2n) is 6.12. The van der Waals surface area contributed by atoms with Gasteiger partial charge in [0.25, 0.3) is 11.8 Å². The molecule has 156 valence electrons. The Kier molecular flexibility index (Phi) is 6.73. The van der Waals surface area contributed by atoms with E-state index in [1.54, 1.807) is 43.3 Å². The molecule has 1 saturated heterocycles. The van der Waals surface area contributed by atoms with Crippen molar-refractivity contribution in [2.24, 2.45) is 0 Å². The number of carbonyl (C=O) groups excluding carboxylic acids is 3. The van der Waals surface area contributed by atoms with E-state index in [0.717, 1.165) is 4.47 Å². The summed E-state index contributed by atoms with van der Waals surface area (Å²) in [6.45, 7) is 1.71. The van der Waals surface area contributed by atoms with Gasteiger partial charge in [0.05, 0.1) is 19.4 Å². The van der Waals surface area contributed by atoms with Crippen molar-refractivity contribution < 1.29 is 28.6 Å². The van der Waals surface area contributed by atoms with Crippen molar-refractivity contribution in [1.29, 1.82) is 0 Å². The van der Waals surface area contributed by atoms with E-state index in [1.807, 2.05) is 6.07 Å². The second-order valence-corrected chi connectivity index (χ2v) is 7.04. The number of benzene rings is 2. The minimum absolute atomic E-state index is 0.0165. The summed E-state index contributed by atoms with van der Waals surface area (Å²) in [6, 6.07) is 11.9. The van der Waals surface area contributed by atoms with Crippen LogP contribution in [0.3, 0.4) is 0 Å². The van der Waals surface area contributed by atoms with Gasteiger partial charge in [-0.15, -0.1) is 0 Å². The molecule has 0 aliphatic carbocycles. The first-order valence-electron chi connectivity index (χ1n) is 9.02. The minimum atomic E-state index is -0.512. The van der Waals surface area contributed by atoms with Gasteiger partial charge in [0.2, 0.25) is 0 Å². The summed E-state index contributed by atoms with van der Waals surface area (Å²) < 4.78 is 16.3. The Morgan fingerprint density at radius 3 is 2.67 bits per heavy atom. The van der Waals surface area contributed by atoms with Gasteiger partial charge in [0, 0.05) is 4.47 Å². The second kappa shape index (κ2) is 9.45. The largest absolute Gasteiger partial charge is 0.493 e. The van der Waals surface area contributed by atoms with Crippen LogP contribution in [0.15, 0.2) is 52.5 Å². The number of nitrogens with zero attached hydrogens (tertiary/aromatic N) is 1. The monoisotopic (exact) mass is 474 g/mol. The zero-order valence-corrected chi connectivity index (χ0v) is 17.9. The highest BCUT2D eigenvalue weighted by Crippen LogP contribution is 2.30. The third-order valence-corrected chi connectivity index (χ3v) is 4.60. The summed E-state index contributed by atoms with van der Waals surface area (Å²) in [5, 5.41) is 1.19. The van der Waals surface area contributed by atoms with Crippen LogP contribution < -0.4 is 19.9 Å². The molecular formula is C21H19BrN2O6. The van der Waals surface area contributed by atoms with E-state index in [-0.39, 0.29) is 18.8 Å². The summed E-state index contributed by atoms with van der Waals surface area (Å²) in [5.41, 5.74) is 3.63. The molecule has 0 bridgehead atoms. The first-order valence-corrected chi connectivity index (χ1v) is 9.81. The molecule has 2 aromatic rings. The molecule has 30 heavy (non-hydrogen) atoms. The van der Waals surface area contributed by atoms with E-state index in [1.165, 1.54) is 18.2 Å². The number of anilines is 1. The van der Waals surface area contributed by atoms with Crippen LogP contribution in [0.5, 0.6) is 11.5 Å². The van der Waals surface area contributed by atoms with E-state index < -0.39 is 17.8 Å². The number of rotatable bonds is 7. The molecule has 1 heterocycles. The number of nitrogens with one attached hydrogen (secondary N) is 1. The topological polar surface area (TPSA) is 94.2 Å². The summed E-state index contributed by atoms with van der Waals surface area (Å²) in [6.07, 6.45) is 1.47. The minimum Gasteiger partial charge on any atom is -0.493 e. The molecule has 1 N–H and O–H groups in total. The molecule has 8 nitrogen and oxygen atoms in total. The molecule has 1 fully saturated rings. The van der Waals surface area contributed by atoms with E-state index in [9.17, 15) is 14.4 Å². The molecule has 0 spiro atoms. The lowest BCUT2D eigenvalue weighted by molar-refractivity contribution is -0.145. The van der Waals surface area contributed by atoms with Gasteiger partial charge in [-0.25, -0.2) is 9.80 Å². The molecule has 2 amide bonds. The number of halogens is 1. The van der Waals surface area contributed by atoms with Gasteiger partial charge in [0.1, 0.15) is 5.57 Å². The van der Waals surface area contributed by atoms with E-state index in [0.29, 0.717) is 22.7 Å². The fourth-order valence-corrected chi connectivity index (χ4v) is 3.14. The van der Waals surface area contributed by atoms with Crippen molar-refractivity contribution in [2.45, 2.75) is 6.92 Å². The van der Waals surface area contributed by atoms with Crippen LogP contribution in [-0.2, 0) is 19.1 Å². The molecule has 0 atom stereocenters. The maximum Gasteiger partial charge on any atom is 0.344 e. The van der Waals surface area contributed by atoms with Crippen LogP contribution in [0.1, 0.15) is 12.5 Å². The lowest BCUT2D eigenvalue weighted by Crippen LogP contribution is -2.35. The van der Waals surface area contributed by atoms with Crippen LogP contribution in [0.4, 0.5) is 5.69 Å². The van der Waals surface area contributed by atoms with Gasteiger partial charge < -0.3 is 14.2 Å². The van der Waals surface area contributed by atoms with Crippen molar-refractivity contribution in [3.05, 3.63) is 58.1 Å². The maximum absolute atomic E-state index is 12.7. The van der Waals surface area contributed by atoms with E-state index >= 15 is 0 Å². The third-order valence-electron chi connectivity index (χ3n) is 4.11. The molecule has 9 heteroatoms. The number of hydrazine groups is 1. The Hall–Kier alpha value is -3.33. The SMILES string of the molecule is CCOC(=O)COc1ccc(C=C2C(=O)NN(c3cccc(Br)c3)C2=O)cc1OC. The first kappa shape index (κ1) is 21.4. The molecule has 0 unspecified atom stereocenters. The van der Waals surface area contributed by atoms with Gasteiger partial charge in [-0.05, 0) is 48.9 Å². The van der Waals surface area contributed by atoms with E-state index in [2.05, 4.69) is 21.4 Å². The van der Waals surface area contributed by atoms with Gasteiger partial charge in [-0.2, -0.15) is 0 Å². The fourth-order valence-electron chi connectivity index (χ4n) is 2.75. The Morgan fingerprint density at radius 2 is 1.97 bits per heavy atom. The smallest absolute Gasteiger partial charge is 0.344 e. The summed E-state index contributed by atoms with van der Waals surface area (Å²) >= 11 is 3.35. The number of methoxy groups -OCH3 is 1. The highest BCUT2D eigenvalue weighted by Gasteiger charge is 2.34. The van der Waals surface area contributed by atoms with Crippen molar-refractivity contribution in [1.82, 2.24) is 5.43 Å². The van der Waals surface area contributed by atoms with Gasteiger partial charge in [-0.1, -0.05) is 28.1 Å². The highest BCUT2D eigenvalue weighted by atomic mass is 79.9. The lowest BCUT2D eigenvalue weighted by Gasteiger charge is -2.14. The normalized spacial score (nSPS) is 14.6. The Bertz CT molecular complexity index is 1020. The number of amides is 2. The molecule has 3 rings (SSSR count). The van der Waals surface area contributed by atoms with Crippen LogP contribution in [-0.4, -0.2) is 38.1 Å². The Morgan fingerprint density at radius 1 is 1.17 bits per heavy atom. The first-order chi connectivity index (χ1) is 14.4. The molecule has 1 aliphatic rings. The molecule has 2 aromatic carbocycles. The number of hydrogen-bond acceptors (Lipinski definition) is 6. The summed E-state index contributed by atoms with van der Waals surface area (Å²) in [7, 11) is 1.45. The Balaban J connectivity index is 1.81. The van der Waals surface area contributed by atoms with Crippen LogP contribution in [0, 0.1) is 0 Å². The predicted molar refractivity (Wildman–Crippen MR) is 113 cm³/mol. The van der Waals surface area contributed by atoms with Crippen molar-refractivity contribution in [2.75, 3.05) is 25.3 Å². The maximum atomic E-state index is 12.7.